The van der Waals surface area contributed by atoms with Crippen molar-refractivity contribution in [2.45, 2.75) is 63.9 Å². The SMILES string of the molecule is CC(C)c1ccccc1N1C(=NC(=O)CCNC(=O)OC(C)(C)C)S[C@@H]2CS(=O)(=O)C[C@H]21. The highest BCUT2D eigenvalue weighted by Crippen LogP contribution is 2.43. The van der Waals surface area contributed by atoms with Gasteiger partial charge < -0.3 is 15.0 Å². The summed E-state index contributed by atoms with van der Waals surface area (Å²) in [6.07, 6.45) is -0.559. The number of para-hydroxylation sites is 1. The minimum absolute atomic E-state index is 0.0244. The summed E-state index contributed by atoms with van der Waals surface area (Å²) in [4.78, 5) is 30.6. The molecule has 0 saturated carbocycles. The summed E-state index contributed by atoms with van der Waals surface area (Å²) in [5.41, 5.74) is 1.35. The molecule has 176 valence electrons. The number of carbonyl (C=O) groups is 2. The molecule has 0 unspecified atom stereocenters. The standard InChI is InChI=1S/C22H31N3O5S2/c1-14(2)15-8-6-7-9-16(15)25-17-12-32(28,29)13-18(17)31-20(25)24-19(26)10-11-23-21(27)30-22(3,4)5/h6-9,14,17-18H,10-13H2,1-5H3,(H,23,27)/t17-,18-/m1/s1. The Morgan fingerprint density at radius 2 is 1.94 bits per heavy atom. The first-order valence-electron chi connectivity index (χ1n) is 10.7. The number of ether oxygens (including phenoxy) is 1. The van der Waals surface area contributed by atoms with E-state index in [2.05, 4.69) is 24.2 Å². The first-order valence-corrected chi connectivity index (χ1v) is 13.4. The van der Waals surface area contributed by atoms with E-state index in [1.165, 1.54) is 11.8 Å². The van der Waals surface area contributed by atoms with E-state index in [1.54, 1.807) is 20.8 Å². The molecule has 0 aliphatic carbocycles. The molecular weight excluding hydrogens is 450 g/mol. The third-order valence-corrected chi connectivity index (χ3v) is 8.32. The van der Waals surface area contributed by atoms with Gasteiger partial charge in [0.2, 0.25) is 5.91 Å². The van der Waals surface area contributed by atoms with Gasteiger partial charge >= 0.3 is 6.09 Å². The van der Waals surface area contributed by atoms with Crippen LogP contribution in [0.3, 0.4) is 0 Å². The van der Waals surface area contributed by atoms with Crippen molar-refractivity contribution in [1.82, 2.24) is 5.32 Å². The molecule has 2 heterocycles. The van der Waals surface area contributed by atoms with Gasteiger partial charge in [0, 0.05) is 23.9 Å². The maximum Gasteiger partial charge on any atom is 0.407 e. The number of amides is 2. The Morgan fingerprint density at radius 1 is 1.25 bits per heavy atom. The van der Waals surface area contributed by atoms with Gasteiger partial charge in [-0.05, 0) is 38.3 Å². The molecule has 2 aliphatic heterocycles. The van der Waals surface area contributed by atoms with Crippen LogP contribution < -0.4 is 10.2 Å². The van der Waals surface area contributed by atoms with Crippen molar-refractivity contribution < 1.29 is 22.7 Å². The first-order chi connectivity index (χ1) is 14.9. The Morgan fingerprint density at radius 3 is 2.59 bits per heavy atom. The fourth-order valence-electron chi connectivity index (χ4n) is 3.79. The minimum atomic E-state index is -3.13. The zero-order valence-corrected chi connectivity index (χ0v) is 20.8. The van der Waals surface area contributed by atoms with Gasteiger partial charge in [-0.2, -0.15) is 4.99 Å². The third-order valence-electron chi connectivity index (χ3n) is 5.11. The summed E-state index contributed by atoms with van der Waals surface area (Å²) in [6, 6.07) is 7.58. The van der Waals surface area contributed by atoms with Gasteiger partial charge in [0.05, 0.1) is 17.5 Å². The van der Waals surface area contributed by atoms with E-state index in [0.717, 1.165) is 11.3 Å². The summed E-state index contributed by atoms with van der Waals surface area (Å²) in [5.74, 6) is -0.0257. The number of rotatable bonds is 5. The van der Waals surface area contributed by atoms with Crippen LogP contribution >= 0.6 is 11.8 Å². The molecule has 10 heteroatoms. The number of anilines is 1. The molecule has 0 aromatic heterocycles. The number of sulfone groups is 1. The molecule has 8 nitrogen and oxygen atoms in total. The molecular formula is C22H31N3O5S2. The lowest BCUT2D eigenvalue weighted by Gasteiger charge is -2.28. The molecule has 2 amide bonds. The van der Waals surface area contributed by atoms with Crippen LogP contribution in [0.25, 0.3) is 0 Å². The molecule has 2 aliphatic rings. The quantitative estimate of drug-likeness (QED) is 0.688. The van der Waals surface area contributed by atoms with E-state index in [9.17, 15) is 18.0 Å². The average molecular weight is 482 g/mol. The Labute approximate surface area is 194 Å². The molecule has 0 radical (unpaired) electrons. The number of thioether (sulfide) groups is 1. The Hall–Kier alpha value is -2.07. The fraction of sp³-hybridized carbons (Fsp3) is 0.591. The van der Waals surface area contributed by atoms with Gasteiger partial charge in [0.15, 0.2) is 15.0 Å². The van der Waals surface area contributed by atoms with Crippen LogP contribution in [-0.4, -0.2) is 60.5 Å². The predicted octanol–water partition coefficient (Wildman–Crippen LogP) is 3.33. The number of fused-ring (bicyclic) bond motifs is 1. The van der Waals surface area contributed by atoms with Gasteiger partial charge in [-0.15, -0.1) is 0 Å². The van der Waals surface area contributed by atoms with Gasteiger partial charge in [-0.1, -0.05) is 43.8 Å². The van der Waals surface area contributed by atoms with Crippen LogP contribution in [0.15, 0.2) is 29.3 Å². The van der Waals surface area contributed by atoms with Gasteiger partial charge in [-0.25, -0.2) is 13.2 Å². The Kier molecular flexibility index (Phi) is 7.24. The third kappa shape index (κ3) is 6.04. The monoisotopic (exact) mass is 481 g/mol. The van der Waals surface area contributed by atoms with E-state index < -0.39 is 21.5 Å². The molecule has 0 bridgehead atoms. The molecule has 2 fully saturated rings. The number of hydrogen-bond donors (Lipinski definition) is 1. The number of nitrogens with one attached hydrogen (secondary N) is 1. The lowest BCUT2D eigenvalue weighted by Crippen LogP contribution is -2.38. The molecule has 2 saturated heterocycles. The maximum absolute atomic E-state index is 12.6. The predicted molar refractivity (Wildman–Crippen MR) is 128 cm³/mol. The molecule has 32 heavy (non-hydrogen) atoms. The average Bonchev–Trinajstić information content (AvgIpc) is 3.10. The lowest BCUT2D eigenvalue weighted by atomic mass is 9.99. The molecule has 1 N–H and O–H groups in total. The zero-order valence-electron chi connectivity index (χ0n) is 19.1. The van der Waals surface area contributed by atoms with Gasteiger partial charge in [-0.3, -0.25) is 4.79 Å². The van der Waals surface area contributed by atoms with Gasteiger partial charge in [0.1, 0.15) is 5.60 Å². The Bertz CT molecular complexity index is 1010. The van der Waals surface area contributed by atoms with Gasteiger partial charge in [0.25, 0.3) is 0 Å². The summed E-state index contributed by atoms with van der Waals surface area (Å²) in [6.45, 7) is 9.56. The molecule has 3 rings (SSSR count). The van der Waals surface area contributed by atoms with Crippen molar-refractivity contribution in [2.75, 3.05) is 23.0 Å². The van der Waals surface area contributed by atoms with Crippen molar-refractivity contribution >= 4 is 44.5 Å². The van der Waals surface area contributed by atoms with E-state index in [4.69, 9.17) is 4.74 Å². The molecule has 1 aromatic rings. The van der Waals surface area contributed by atoms with E-state index in [0.29, 0.717) is 5.17 Å². The number of amidine groups is 1. The highest BCUT2D eigenvalue weighted by molar-refractivity contribution is 8.16. The van der Waals surface area contributed by atoms with Crippen LogP contribution in [-0.2, 0) is 19.4 Å². The van der Waals surface area contributed by atoms with Crippen LogP contribution in [0.1, 0.15) is 52.5 Å². The highest BCUT2D eigenvalue weighted by Gasteiger charge is 2.49. The molecule has 1 aromatic carbocycles. The van der Waals surface area contributed by atoms with Crippen molar-refractivity contribution in [1.29, 1.82) is 0 Å². The van der Waals surface area contributed by atoms with Crippen LogP contribution in [0, 0.1) is 0 Å². The van der Waals surface area contributed by atoms with Crippen molar-refractivity contribution in [3.63, 3.8) is 0 Å². The largest absolute Gasteiger partial charge is 0.444 e. The minimum Gasteiger partial charge on any atom is -0.444 e. The number of benzene rings is 1. The summed E-state index contributed by atoms with van der Waals surface area (Å²) < 4.78 is 29.7. The topological polar surface area (TPSA) is 105 Å². The second-order valence-corrected chi connectivity index (χ2v) is 12.7. The van der Waals surface area contributed by atoms with Crippen LogP contribution in [0.2, 0.25) is 0 Å². The first kappa shape index (κ1) is 24.6. The molecule has 0 spiro atoms. The second kappa shape index (κ2) is 9.43. The smallest absolute Gasteiger partial charge is 0.407 e. The van der Waals surface area contributed by atoms with E-state index >= 15 is 0 Å². The zero-order chi connectivity index (χ0) is 23.7. The summed E-state index contributed by atoms with van der Waals surface area (Å²) in [7, 11) is -3.13. The second-order valence-electron chi connectivity index (χ2n) is 9.35. The van der Waals surface area contributed by atoms with Crippen molar-refractivity contribution in [3.8, 4) is 0 Å². The van der Waals surface area contributed by atoms with Crippen molar-refractivity contribution in [2.24, 2.45) is 4.99 Å². The fourth-order valence-corrected chi connectivity index (χ4v) is 7.71. The normalized spacial score (nSPS) is 23.4. The summed E-state index contributed by atoms with van der Waals surface area (Å²) in [5, 5.41) is 2.92. The molecule has 2 atom stereocenters. The van der Waals surface area contributed by atoms with E-state index in [1.807, 2.05) is 29.2 Å². The van der Waals surface area contributed by atoms with E-state index in [-0.39, 0.29) is 47.6 Å². The Balaban J connectivity index is 1.78. The number of alkyl carbamates (subject to hydrolysis) is 1. The number of hydrogen-bond acceptors (Lipinski definition) is 6. The number of carbonyl (C=O) groups excluding carboxylic acids is 2. The summed E-state index contributed by atoms with van der Waals surface area (Å²) >= 11 is 1.35. The van der Waals surface area contributed by atoms with Crippen LogP contribution in [0.5, 0.6) is 0 Å². The highest BCUT2D eigenvalue weighted by atomic mass is 32.2. The lowest BCUT2D eigenvalue weighted by molar-refractivity contribution is -0.117. The van der Waals surface area contributed by atoms with Crippen LogP contribution in [0.4, 0.5) is 10.5 Å². The number of nitrogens with zero attached hydrogens (tertiary/aromatic N) is 2. The number of aliphatic imine (C=N–C) groups is 1. The maximum atomic E-state index is 12.6. The van der Waals surface area contributed by atoms with Crippen molar-refractivity contribution in [3.05, 3.63) is 29.8 Å².